The second kappa shape index (κ2) is 3.56. The Morgan fingerprint density at radius 3 is 2.08 bits per heavy atom. The van der Waals surface area contributed by atoms with Gasteiger partial charge in [0, 0.05) is 0 Å². The van der Waals surface area contributed by atoms with Crippen LogP contribution in [0.4, 0.5) is 0 Å². The summed E-state index contributed by atoms with van der Waals surface area (Å²) in [6, 6.07) is 0. The molecule has 1 saturated heterocycles. The highest BCUT2D eigenvalue weighted by molar-refractivity contribution is 5.72. The summed E-state index contributed by atoms with van der Waals surface area (Å²) in [4.78, 5) is 10.2. The van der Waals surface area contributed by atoms with Gasteiger partial charge in [-0.15, -0.1) is 0 Å². The number of hydrogen-bond donors (Lipinski definition) is 5. The molecule has 0 amide bonds. The van der Waals surface area contributed by atoms with Gasteiger partial charge < -0.3 is 30.3 Å². The molecule has 5 N–H and O–H groups in total. The highest BCUT2D eigenvalue weighted by Crippen LogP contribution is 2.22. The molecule has 0 radical (unpaired) electrons. The number of carboxylic acid groups (broad SMARTS) is 1. The Morgan fingerprint density at radius 1 is 1.23 bits per heavy atom. The van der Waals surface area contributed by atoms with Crippen LogP contribution in [0.1, 0.15) is 0 Å². The minimum atomic E-state index is -1.97. The van der Waals surface area contributed by atoms with Gasteiger partial charge in [-0.1, -0.05) is 0 Å². The van der Waals surface area contributed by atoms with E-state index >= 15 is 0 Å². The second-order valence-electron chi connectivity index (χ2n) is 2.76. The van der Waals surface area contributed by atoms with Gasteiger partial charge in [-0.25, -0.2) is 4.79 Å². The third kappa shape index (κ3) is 1.79. The average molecular weight is 194 g/mol. The largest absolute Gasteiger partial charge is 0.479 e. The number of aliphatic hydroxyl groups is 4. The van der Waals surface area contributed by atoms with Crippen molar-refractivity contribution in [3.8, 4) is 0 Å². The molecule has 0 aliphatic carbocycles. The van der Waals surface area contributed by atoms with Crippen molar-refractivity contribution in [1.29, 1.82) is 0 Å². The number of hydrogen-bond acceptors (Lipinski definition) is 6. The molecule has 1 aliphatic rings. The van der Waals surface area contributed by atoms with Gasteiger partial charge in [-0.2, -0.15) is 0 Å². The van der Waals surface area contributed by atoms with Crippen LogP contribution in [0.3, 0.4) is 0 Å². The van der Waals surface area contributed by atoms with Gasteiger partial charge in [0.25, 0.3) is 0 Å². The first-order valence-electron chi connectivity index (χ1n) is 3.55. The van der Waals surface area contributed by atoms with Gasteiger partial charge in [0.2, 0.25) is 0 Å². The van der Waals surface area contributed by atoms with Crippen LogP contribution in [-0.2, 0) is 9.53 Å². The molecule has 13 heavy (non-hydrogen) atoms. The van der Waals surface area contributed by atoms with E-state index in [-0.39, 0.29) is 0 Å². The Kier molecular flexibility index (Phi) is 2.84. The van der Waals surface area contributed by atoms with Crippen molar-refractivity contribution in [2.45, 2.75) is 30.7 Å². The van der Waals surface area contributed by atoms with Crippen molar-refractivity contribution >= 4 is 5.97 Å². The van der Waals surface area contributed by atoms with Crippen LogP contribution in [0.25, 0.3) is 0 Å². The Morgan fingerprint density at radius 2 is 1.77 bits per heavy atom. The molecule has 0 aromatic carbocycles. The van der Waals surface area contributed by atoms with E-state index in [2.05, 4.69) is 4.74 Å². The topological polar surface area (TPSA) is 127 Å². The molecule has 1 heterocycles. The van der Waals surface area contributed by atoms with Crippen molar-refractivity contribution in [1.82, 2.24) is 0 Å². The van der Waals surface area contributed by atoms with Gasteiger partial charge in [0.05, 0.1) is 0 Å². The molecular weight excluding hydrogens is 184 g/mol. The predicted molar refractivity (Wildman–Crippen MR) is 36.5 cm³/mol. The van der Waals surface area contributed by atoms with Gasteiger partial charge in [0.1, 0.15) is 18.3 Å². The molecule has 1 rings (SSSR count). The third-order valence-corrected chi connectivity index (χ3v) is 1.84. The van der Waals surface area contributed by atoms with Crippen LogP contribution < -0.4 is 0 Å². The fourth-order valence-corrected chi connectivity index (χ4v) is 1.09. The number of carbonyl (C=O) groups is 1. The first kappa shape index (κ1) is 10.4. The minimum Gasteiger partial charge on any atom is -0.479 e. The third-order valence-electron chi connectivity index (χ3n) is 1.84. The van der Waals surface area contributed by atoms with Crippen LogP contribution in [0.15, 0.2) is 0 Å². The molecular formula is C6H10O7. The van der Waals surface area contributed by atoms with Crippen molar-refractivity contribution in [3.05, 3.63) is 0 Å². The Bertz CT molecular complexity index is 205. The number of ether oxygens (including phenoxy) is 1. The molecule has 0 aromatic heterocycles. The van der Waals surface area contributed by atoms with E-state index in [4.69, 9.17) is 25.5 Å². The first-order chi connectivity index (χ1) is 5.95. The Balaban J connectivity index is 2.68. The zero-order valence-corrected chi connectivity index (χ0v) is 6.44. The Hall–Kier alpha value is -0.730. The summed E-state index contributed by atoms with van der Waals surface area (Å²) >= 11 is 0. The number of rotatable bonds is 2. The zero-order valence-electron chi connectivity index (χ0n) is 6.44. The summed E-state index contributed by atoms with van der Waals surface area (Å²) in [5.41, 5.74) is 0. The van der Waals surface area contributed by atoms with Crippen molar-refractivity contribution in [2.24, 2.45) is 0 Å². The van der Waals surface area contributed by atoms with Crippen LogP contribution in [0.5, 0.6) is 0 Å². The highest BCUT2D eigenvalue weighted by Gasteiger charge is 2.47. The molecule has 0 spiro atoms. The van der Waals surface area contributed by atoms with Crippen molar-refractivity contribution in [3.63, 3.8) is 0 Å². The van der Waals surface area contributed by atoms with Crippen molar-refractivity contribution < 1.29 is 35.1 Å². The number of carboxylic acids is 1. The molecule has 1 unspecified atom stereocenters. The molecule has 1 fully saturated rings. The summed E-state index contributed by atoms with van der Waals surface area (Å²) in [6.07, 6.45) is -8.36. The predicted octanol–water partition coefficient (Wildman–Crippen LogP) is -3.13. The lowest BCUT2D eigenvalue weighted by molar-refractivity contribution is -0.170. The molecule has 76 valence electrons. The maximum atomic E-state index is 10.2. The standard InChI is InChI=1S/C6H10O7/c7-1-2(8)6(12)13-4(1)3(9)5(10)11/h1-4,6-9,12H,(H,10,11)/t1-,2+,3-,4+,6?/m0/s1. The lowest BCUT2D eigenvalue weighted by atomic mass is 10.1. The van der Waals surface area contributed by atoms with Gasteiger partial charge in [0.15, 0.2) is 12.4 Å². The number of aliphatic hydroxyl groups excluding tert-OH is 4. The summed E-state index contributed by atoms with van der Waals surface area (Å²) in [5.74, 6) is -1.59. The molecule has 0 bridgehead atoms. The lowest BCUT2D eigenvalue weighted by Gasteiger charge is -2.16. The highest BCUT2D eigenvalue weighted by atomic mass is 16.6. The monoisotopic (exact) mass is 194 g/mol. The van der Waals surface area contributed by atoms with Crippen LogP contribution in [0, 0.1) is 0 Å². The molecule has 7 heteroatoms. The van der Waals surface area contributed by atoms with E-state index in [0.717, 1.165) is 0 Å². The zero-order chi connectivity index (χ0) is 10.2. The average Bonchev–Trinajstić information content (AvgIpc) is 2.31. The maximum Gasteiger partial charge on any atom is 0.335 e. The van der Waals surface area contributed by atoms with Crippen LogP contribution >= 0.6 is 0 Å². The van der Waals surface area contributed by atoms with Crippen LogP contribution in [0.2, 0.25) is 0 Å². The molecule has 0 saturated carbocycles. The fourth-order valence-electron chi connectivity index (χ4n) is 1.09. The molecule has 7 nitrogen and oxygen atoms in total. The molecule has 0 aromatic rings. The van der Waals surface area contributed by atoms with E-state index in [1.54, 1.807) is 0 Å². The summed E-state index contributed by atoms with van der Waals surface area (Å²) < 4.78 is 4.43. The SMILES string of the molecule is O=C(O)[C@@H](O)[C@@H]1OC(O)[C@H](O)[C@@H]1O. The van der Waals surface area contributed by atoms with E-state index in [9.17, 15) is 4.79 Å². The summed E-state index contributed by atoms with van der Waals surface area (Å²) in [7, 11) is 0. The molecule has 1 aliphatic heterocycles. The number of aliphatic carboxylic acids is 1. The second-order valence-corrected chi connectivity index (χ2v) is 2.76. The van der Waals surface area contributed by atoms with E-state index < -0.39 is 36.7 Å². The van der Waals surface area contributed by atoms with Gasteiger partial charge >= 0.3 is 5.97 Å². The fraction of sp³-hybridized carbons (Fsp3) is 0.833. The molecule has 5 atom stereocenters. The van der Waals surface area contributed by atoms with E-state index in [1.165, 1.54) is 0 Å². The lowest BCUT2D eigenvalue weighted by Crippen LogP contribution is -2.42. The quantitative estimate of drug-likeness (QED) is 0.314. The minimum absolute atomic E-state index is 1.51. The summed E-state index contributed by atoms with van der Waals surface area (Å²) in [5, 5.41) is 44.1. The van der Waals surface area contributed by atoms with Crippen molar-refractivity contribution in [2.75, 3.05) is 0 Å². The smallest absolute Gasteiger partial charge is 0.335 e. The van der Waals surface area contributed by atoms with Gasteiger partial charge in [-0.05, 0) is 0 Å². The summed E-state index contributed by atoms with van der Waals surface area (Å²) in [6.45, 7) is 0. The normalized spacial score (nSPS) is 41.8. The first-order valence-corrected chi connectivity index (χ1v) is 3.55. The van der Waals surface area contributed by atoms with Gasteiger partial charge in [-0.3, -0.25) is 0 Å². The maximum absolute atomic E-state index is 10.2. The van der Waals surface area contributed by atoms with E-state index in [1.807, 2.05) is 0 Å². The van der Waals surface area contributed by atoms with Crippen LogP contribution in [-0.4, -0.2) is 62.2 Å². The Labute approximate surface area is 72.8 Å². The van der Waals surface area contributed by atoms with E-state index in [0.29, 0.717) is 0 Å².